The predicted octanol–water partition coefficient (Wildman–Crippen LogP) is 5.07. The molecule has 2 aromatic carbocycles. The van der Waals surface area contributed by atoms with Crippen LogP contribution in [-0.4, -0.2) is 15.8 Å². The number of benzene rings is 2. The Labute approximate surface area is 163 Å². The lowest BCUT2D eigenvalue weighted by Gasteiger charge is -2.20. The van der Waals surface area contributed by atoms with Crippen LogP contribution in [0.25, 0.3) is 16.8 Å². The summed E-state index contributed by atoms with van der Waals surface area (Å²) < 4.78 is 5.44. The number of hydrogen-bond acceptors (Lipinski definition) is 3. The first-order chi connectivity index (χ1) is 13.8. The molecule has 2 heterocycles. The molecular formula is C24H20N2O2. The second kappa shape index (κ2) is 8.35. The minimum atomic E-state index is -0.0758. The summed E-state index contributed by atoms with van der Waals surface area (Å²) >= 11 is 0. The van der Waals surface area contributed by atoms with Gasteiger partial charge in [-0.1, -0.05) is 48.5 Å². The maximum atomic E-state index is 13.0. The first kappa shape index (κ1) is 17.7. The van der Waals surface area contributed by atoms with Crippen molar-refractivity contribution in [1.82, 2.24) is 9.88 Å². The lowest BCUT2D eigenvalue weighted by molar-refractivity contribution is -0.127. The Kier molecular flexibility index (Phi) is 5.29. The number of carbonyl (C=O) groups excluding carboxylic acids is 1. The van der Waals surface area contributed by atoms with Crippen molar-refractivity contribution in [2.45, 2.75) is 13.1 Å². The average Bonchev–Trinajstić information content (AvgIpc) is 3.25. The summed E-state index contributed by atoms with van der Waals surface area (Å²) in [6, 6.07) is 21.8. The number of fused-ring (bicyclic) bond motifs is 1. The van der Waals surface area contributed by atoms with Crippen LogP contribution in [0.3, 0.4) is 0 Å². The van der Waals surface area contributed by atoms with Crippen molar-refractivity contribution in [3.8, 4) is 0 Å². The Morgan fingerprint density at radius 3 is 2.68 bits per heavy atom. The lowest BCUT2D eigenvalue weighted by atomic mass is 10.0. The van der Waals surface area contributed by atoms with Crippen LogP contribution in [0.2, 0.25) is 0 Å². The van der Waals surface area contributed by atoms with E-state index in [0.717, 1.165) is 27.7 Å². The number of hydrogen-bond donors (Lipinski definition) is 0. The van der Waals surface area contributed by atoms with Crippen molar-refractivity contribution in [2.24, 2.45) is 0 Å². The fourth-order valence-electron chi connectivity index (χ4n) is 3.18. The van der Waals surface area contributed by atoms with Gasteiger partial charge in [-0.2, -0.15) is 0 Å². The number of furan rings is 1. The fourth-order valence-corrected chi connectivity index (χ4v) is 3.18. The molecule has 0 saturated carbocycles. The van der Waals surface area contributed by atoms with Crippen LogP contribution < -0.4 is 0 Å². The molecule has 0 aliphatic rings. The molecule has 0 fully saturated rings. The number of rotatable bonds is 6. The largest absolute Gasteiger partial charge is 0.467 e. The molecule has 0 N–H and O–H groups in total. The fraction of sp³-hybridized carbons (Fsp3) is 0.0833. The zero-order valence-electron chi connectivity index (χ0n) is 15.4. The second-order valence-corrected chi connectivity index (χ2v) is 6.54. The van der Waals surface area contributed by atoms with Gasteiger partial charge in [0.15, 0.2) is 0 Å². The van der Waals surface area contributed by atoms with E-state index in [-0.39, 0.29) is 5.91 Å². The topological polar surface area (TPSA) is 46.3 Å². The quantitative estimate of drug-likeness (QED) is 0.446. The molecule has 138 valence electrons. The molecule has 4 nitrogen and oxygen atoms in total. The van der Waals surface area contributed by atoms with Crippen LogP contribution in [0.4, 0.5) is 0 Å². The SMILES string of the molecule is O=C(/C=C/c1cccc2ccccc12)N(Cc1cccnc1)Cc1ccco1. The normalized spacial score (nSPS) is 11.1. The molecule has 0 spiro atoms. The maximum absolute atomic E-state index is 13.0. The average molecular weight is 368 g/mol. The molecule has 0 atom stereocenters. The monoisotopic (exact) mass is 368 g/mol. The summed E-state index contributed by atoms with van der Waals surface area (Å²) in [7, 11) is 0. The van der Waals surface area contributed by atoms with Crippen LogP contribution in [-0.2, 0) is 17.9 Å². The zero-order valence-corrected chi connectivity index (χ0v) is 15.4. The first-order valence-corrected chi connectivity index (χ1v) is 9.15. The minimum absolute atomic E-state index is 0.0758. The highest BCUT2D eigenvalue weighted by molar-refractivity contribution is 5.96. The minimum Gasteiger partial charge on any atom is -0.467 e. The van der Waals surface area contributed by atoms with Crippen molar-refractivity contribution in [3.05, 3.63) is 108 Å². The van der Waals surface area contributed by atoms with Gasteiger partial charge in [-0.25, -0.2) is 0 Å². The van der Waals surface area contributed by atoms with Crippen LogP contribution in [0.5, 0.6) is 0 Å². The van der Waals surface area contributed by atoms with Crippen molar-refractivity contribution in [2.75, 3.05) is 0 Å². The summed E-state index contributed by atoms with van der Waals surface area (Å²) in [5, 5.41) is 2.28. The van der Waals surface area contributed by atoms with Crippen molar-refractivity contribution < 1.29 is 9.21 Å². The molecule has 4 rings (SSSR count). The highest BCUT2D eigenvalue weighted by Crippen LogP contribution is 2.20. The Morgan fingerprint density at radius 1 is 0.964 bits per heavy atom. The maximum Gasteiger partial charge on any atom is 0.247 e. The van der Waals surface area contributed by atoms with E-state index in [4.69, 9.17) is 4.42 Å². The van der Waals surface area contributed by atoms with E-state index in [9.17, 15) is 4.79 Å². The molecule has 4 aromatic rings. The Hall–Kier alpha value is -3.66. The second-order valence-electron chi connectivity index (χ2n) is 6.54. The molecule has 0 radical (unpaired) electrons. The van der Waals surface area contributed by atoms with E-state index >= 15 is 0 Å². The van der Waals surface area contributed by atoms with Gasteiger partial charge < -0.3 is 9.32 Å². The molecule has 4 heteroatoms. The summed E-state index contributed by atoms with van der Waals surface area (Å²) in [4.78, 5) is 18.9. The molecule has 0 aliphatic heterocycles. The number of amides is 1. The molecule has 0 saturated heterocycles. The zero-order chi connectivity index (χ0) is 19.2. The highest BCUT2D eigenvalue weighted by Gasteiger charge is 2.14. The molecule has 0 unspecified atom stereocenters. The number of carbonyl (C=O) groups is 1. The lowest BCUT2D eigenvalue weighted by Crippen LogP contribution is -2.28. The van der Waals surface area contributed by atoms with Crippen LogP contribution in [0, 0.1) is 0 Å². The van der Waals surface area contributed by atoms with E-state index < -0.39 is 0 Å². The first-order valence-electron chi connectivity index (χ1n) is 9.15. The molecule has 2 aromatic heterocycles. The van der Waals surface area contributed by atoms with Gasteiger partial charge in [-0.15, -0.1) is 0 Å². The van der Waals surface area contributed by atoms with E-state index in [2.05, 4.69) is 23.2 Å². The third-order valence-corrected chi connectivity index (χ3v) is 4.56. The van der Waals surface area contributed by atoms with Crippen LogP contribution in [0.1, 0.15) is 16.9 Å². The summed E-state index contributed by atoms with van der Waals surface area (Å²) in [5.74, 6) is 0.670. The third-order valence-electron chi connectivity index (χ3n) is 4.56. The third kappa shape index (κ3) is 4.18. The highest BCUT2D eigenvalue weighted by atomic mass is 16.3. The van der Waals surface area contributed by atoms with Gasteiger partial charge in [0.2, 0.25) is 5.91 Å². The Morgan fingerprint density at radius 2 is 1.86 bits per heavy atom. The summed E-state index contributed by atoms with van der Waals surface area (Å²) in [6.07, 6.45) is 8.62. The number of nitrogens with zero attached hydrogens (tertiary/aromatic N) is 2. The van der Waals surface area contributed by atoms with Crippen molar-refractivity contribution in [3.63, 3.8) is 0 Å². The van der Waals surface area contributed by atoms with E-state index in [1.807, 2.05) is 54.6 Å². The summed E-state index contributed by atoms with van der Waals surface area (Å²) in [5.41, 5.74) is 1.99. The van der Waals surface area contributed by atoms with E-state index in [0.29, 0.717) is 13.1 Å². The van der Waals surface area contributed by atoms with Gasteiger partial charge in [0, 0.05) is 25.0 Å². The number of aromatic nitrogens is 1. The Bertz CT molecular complexity index is 1080. The van der Waals surface area contributed by atoms with Crippen LogP contribution in [0.15, 0.2) is 95.9 Å². The van der Waals surface area contributed by atoms with Gasteiger partial charge in [0.05, 0.1) is 12.8 Å². The van der Waals surface area contributed by atoms with Crippen LogP contribution >= 0.6 is 0 Å². The molecule has 0 aliphatic carbocycles. The molecule has 0 bridgehead atoms. The van der Waals surface area contributed by atoms with Crippen molar-refractivity contribution in [1.29, 1.82) is 0 Å². The molecule has 1 amide bonds. The predicted molar refractivity (Wildman–Crippen MR) is 110 cm³/mol. The van der Waals surface area contributed by atoms with E-state index in [1.165, 1.54) is 0 Å². The standard InChI is InChI=1S/C24H20N2O2/c27-24(13-12-21-9-3-8-20-7-1-2-11-23(20)21)26(18-22-10-5-15-28-22)17-19-6-4-14-25-16-19/h1-16H,17-18H2/b13-12+. The van der Waals surface area contributed by atoms with Gasteiger partial charge in [0.25, 0.3) is 0 Å². The van der Waals surface area contributed by atoms with Gasteiger partial charge in [-0.05, 0) is 46.2 Å². The number of pyridine rings is 1. The van der Waals surface area contributed by atoms with Gasteiger partial charge >= 0.3 is 0 Å². The van der Waals surface area contributed by atoms with E-state index in [1.54, 1.807) is 29.6 Å². The Balaban J connectivity index is 1.58. The molecule has 28 heavy (non-hydrogen) atoms. The van der Waals surface area contributed by atoms with Crippen molar-refractivity contribution >= 4 is 22.8 Å². The van der Waals surface area contributed by atoms with Gasteiger partial charge in [0.1, 0.15) is 5.76 Å². The summed E-state index contributed by atoms with van der Waals surface area (Å²) in [6.45, 7) is 0.869. The van der Waals surface area contributed by atoms with Gasteiger partial charge in [-0.3, -0.25) is 9.78 Å². The smallest absolute Gasteiger partial charge is 0.247 e. The molecular weight excluding hydrogens is 348 g/mol.